The van der Waals surface area contributed by atoms with Crippen LogP contribution in [0.3, 0.4) is 0 Å². The number of carbonyl (C=O) groups is 2. The highest BCUT2D eigenvalue weighted by atomic mass is 35.5. The molecular weight excluding hydrogens is 464 g/mol. The minimum Gasteiger partial charge on any atom is -0.490 e. The molecule has 166 valence electrons. The molecule has 0 bridgehead atoms. The number of hydrogen-bond acceptors (Lipinski definition) is 5. The molecule has 2 aliphatic rings. The highest BCUT2D eigenvalue weighted by Gasteiger charge is 2.37. The summed E-state index contributed by atoms with van der Waals surface area (Å²) in [7, 11) is 0. The van der Waals surface area contributed by atoms with E-state index in [1.807, 2.05) is 0 Å². The van der Waals surface area contributed by atoms with Crippen LogP contribution in [0.25, 0.3) is 21.3 Å². The van der Waals surface area contributed by atoms with Crippen LogP contribution >= 0.6 is 22.9 Å². The Morgan fingerprint density at radius 2 is 2.09 bits per heavy atom. The number of amides is 2. The average molecular weight is 480 g/mol. The first-order valence-corrected chi connectivity index (χ1v) is 11.1. The molecule has 1 fully saturated rings. The van der Waals surface area contributed by atoms with E-state index in [4.69, 9.17) is 16.3 Å². The number of fused-ring (bicyclic) bond motifs is 3. The van der Waals surface area contributed by atoms with E-state index in [2.05, 4.69) is 4.98 Å². The predicted molar refractivity (Wildman–Crippen MR) is 115 cm³/mol. The molecule has 2 aromatic carbocycles. The van der Waals surface area contributed by atoms with Gasteiger partial charge in [-0.3, -0.25) is 4.79 Å². The number of benzene rings is 2. The fourth-order valence-electron chi connectivity index (χ4n) is 4.26. The monoisotopic (exact) mass is 479 g/mol. The van der Waals surface area contributed by atoms with Crippen LogP contribution in [-0.4, -0.2) is 64.2 Å². The van der Waals surface area contributed by atoms with Crippen molar-refractivity contribution in [2.24, 2.45) is 0 Å². The first kappa shape index (κ1) is 20.9. The summed E-state index contributed by atoms with van der Waals surface area (Å²) in [6, 6.07) is 3.60. The third-order valence-electron chi connectivity index (χ3n) is 5.82. The lowest BCUT2D eigenvalue weighted by Gasteiger charge is -2.41. The van der Waals surface area contributed by atoms with Gasteiger partial charge < -0.3 is 19.6 Å². The zero-order valence-corrected chi connectivity index (χ0v) is 18.1. The van der Waals surface area contributed by atoms with Crippen LogP contribution in [0, 0.1) is 11.6 Å². The number of thiazole rings is 1. The quantitative estimate of drug-likeness (QED) is 0.556. The predicted octanol–water partition coefficient (Wildman–Crippen LogP) is 4.48. The van der Waals surface area contributed by atoms with Crippen molar-refractivity contribution in [3.63, 3.8) is 0 Å². The number of carbonyl (C=O) groups excluding carboxylic acids is 1. The maximum absolute atomic E-state index is 15.7. The van der Waals surface area contributed by atoms with Crippen molar-refractivity contribution in [3.8, 4) is 16.9 Å². The molecule has 5 rings (SSSR count). The van der Waals surface area contributed by atoms with Gasteiger partial charge in [-0.2, -0.15) is 0 Å². The molecule has 3 aromatic rings. The van der Waals surface area contributed by atoms with Gasteiger partial charge in [-0.05, 0) is 18.2 Å². The Morgan fingerprint density at radius 3 is 2.88 bits per heavy atom. The SMILES string of the molecule is O=C(O)N1CCN2C(=O)c3cc(Cl)c(-c4ccc(F)c5scnc45)c(F)c3OCC[C@H]2C1. The number of aromatic nitrogens is 1. The molecule has 3 heterocycles. The molecule has 0 unspecified atom stereocenters. The Kier molecular flexibility index (Phi) is 5.13. The Morgan fingerprint density at radius 1 is 1.28 bits per heavy atom. The lowest BCUT2D eigenvalue weighted by molar-refractivity contribution is 0.0371. The summed E-state index contributed by atoms with van der Waals surface area (Å²) in [5.41, 5.74) is 2.01. The minimum absolute atomic E-state index is 0.0121. The molecule has 0 spiro atoms. The number of ether oxygens (including phenoxy) is 1. The van der Waals surface area contributed by atoms with Gasteiger partial charge in [0.05, 0.1) is 39.0 Å². The molecule has 1 atom stereocenters. The van der Waals surface area contributed by atoms with Crippen LogP contribution in [0.15, 0.2) is 23.7 Å². The topological polar surface area (TPSA) is 83.0 Å². The maximum atomic E-state index is 15.7. The smallest absolute Gasteiger partial charge is 0.407 e. The Balaban J connectivity index is 1.60. The van der Waals surface area contributed by atoms with E-state index < -0.39 is 23.6 Å². The van der Waals surface area contributed by atoms with Gasteiger partial charge in [0, 0.05) is 37.2 Å². The van der Waals surface area contributed by atoms with Crippen LogP contribution < -0.4 is 4.74 Å². The molecule has 0 aliphatic carbocycles. The third-order valence-corrected chi connectivity index (χ3v) is 6.95. The molecule has 11 heteroatoms. The van der Waals surface area contributed by atoms with Gasteiger partial charge in [-0.1, -0.05) is 11.6 Å². The first-order valence-electron chi connectivity index (χ1n) is 9.82. The summed E-state index contributed by atoms with van der Waals surface area (Å²) >= 11 is 7.53. The van der Waals surface area contributed by atoms with E-state index in [-0.39, 0.29) is 64.4 Å². The molecule has 0 saturated carbocycles. The number of hydrogen-bond donors (Lipinski definition) is 1. The van der Waals surface area contributed by atoms with Gasteiger partial charge >= 0.3 is 6.09 Å². The maximum Gasteiger partial charge on any atom is 0.407 e. The molecule has 7 nitrogen and oxygen atoms in total. The summed E-state index contributed by atoms with van der Waals surface area (Å²) < 4.78 is 35.8. The van der Waals surface area contributed by atoms with E-state index in [0.29, 0.717) is 12.0 Å². The van der Waals surface area contributed by atoms with E-state index in [9.17, 15) is 19.1 Å². The third kappa shape index (κ3) is 3.25. The van der Waals surface area contributed by atoms with Crippen LogP contribution in [0.4, 0.5) is 13.6 Å². The second kappa shape index (κ2) is 7.86. The number of halogens is 3. The Labute approximate surface area is 189 Å². The Bertz CT molecular complexity index is 1270. The van der Waals surface area contributed by atoms with Gasteiger partial charge in [0.2, 0.25) is 0 Å². The Hall–Kier alpha value is -2.98. The van der Waals surface area contributed by atoms with Gasteiger partial charge in [-0.15, -0.1) is 11.3 Å². The fraction of sp³-hybridized carbons (Fsp3) is 0.286. The molecular formula is C21H16ClF2N3O4S. The normalized spacial score (nSPS) is 18.6. The van der Waals surface area contributed by atoms with Crippen molar-refractivity contribution < 1.29 is 28.2 Å². The summed E-state index contributed by atoms with van der Waals surface area (Å²) in [6.45, 7) is 0.598. The highest BCUT2D eigenvalue weighted by molar-refractivity contribution is 7.16. The number of piperazine rings is 1. The van der Waals surface area contributed by atoms with Crippen molar-refractivity contribution >= 4 is 45.2 Å². The van der Waals surface area contributed by atoms with Crippen molar-refractivity contribution in [1.82, 2.24) is 14.8 Å². The zero-order chi connectivity index (χ0) is 22.6. The number of nitrogens with zero attached hydrogens (tertiary/aromatic N) is 3. The summed E-state index contributed by atoms with van der Waals surface area (Å²) in [5, 5.41) is 9.24. The summed E-state index contributed by atoms with van der Waals surface area (Å²) in [5.74, 6) is -1.97. The van der Waals surface area contributed by atoms with Crippen molar-refractivity contribution in [2.45, 2.75) is 12.5 Å². The molecule has 1 aromatic heterocycles. The fourth-order valence-corrected chi connectivity index (χ4v) is 5.28. The van der Waals surface area contributed by atoms with E-state index in [1.54, 1.807) is 4.90 Å². The van der Waals surface area contributed by atoms with E-state index in [1.165, 1.54) is 28.6 Å². The average Bonchev–Trinajstić information content (AvgIpc) is 3.26. The van der Waals surface area contributed by atoms with E-state index in [0.717, 1.165) is 11.3 Å². The van der Waals surface area contributed by atoms with Crippen LogP contribution in [0.1, 0.15) is 16.8 Å². The largest absolute Gasteiger partial charge is 0.490 e. The molecule has 1 N–H and O–H groups in total. The first-order chi connectivity index (χ1) is 15.4. The van der Waals surface area contributed by atoms with Crippen LogP contribution in [0.5, 0.6) is 5.75 Å². The molecule has 2 amide bonds. The second-order valence-corrected chi connectivity index (χ2v) is 8.83. The number of carboxylic acid groups (broad SMARTS) is 1. The second-order valence-electron chi connectivity index (χ2n) is 7.57. The summed E-state index contributed by atoms with van der Waals surface area (Å²) in [4.78, 5) is 31.5. The molecule has 32 heavy (non-hydrogen) atoms. The minimum atomic E-state index is -1.05. The van der Waals surface area contributed by atoms with Gasteiger partial charge in [0.25, 0.3) is 5.91 Å². The summed E-state index contributed by atoms with van der Waals surface area (Å²) in [6.07, 6.45) is -0.703. The molecule has 2 aliphatic heterocycles. The van der Waals surface area contributed by atoms with Crippen LogP contribution in [0.2, 0.25) is 5.02 Å². The van der Waals surface area contributed by atoms with E-state index >= 15 is 4.39 Å². The highest BCUT2D eigenvalue weighted by Crippen LogP contribution is 2.42. The zero-order valence-electron chi connectivity index (χ0n) is 16.5. The molecule has 1 saturated heterocycles. The van der Waals surface area contributed by atoms with Gasteiger partial charge in [-0.25, -0.2) is 18.6 Å². The van der Waals surface area contributed by atoms with Crippen molar-refractivity contribution in [2.75, 3.05) is 26.2 Å². The molecule has 0 radical (unpaired) electrons. The van der Waals surface area contributed by atoms with Gasteiger partial charge in [0.15, 0.2) is 11.6 Å². The number of rotatable bonds is 1. The standard InChI is InChI=1S/C21H16ClF2N3O4S/c22-13-7-12-18(16(24)15(13)11-1-2-14(23)19-17(11)25-9-32-19)31-6-3-10-8-26(21(29)30)4-5-27(10)20(12)28/h1-2,7,9-10H,3-6,8H2,(H,29,30)/t10-/m0/s1. The lowest BCUT2D eigenvalue weighted by atomic mass is 9.98. The van der Waals surface area contributed by atoms with Crippen molar-refractivity contribution in [1.29, 1.82) is 0 Å². The van der Waals surface area contributed by atoms with Crippen molar-refractivity contribution in [3.05, 3.63) is 45.9 Å². The van der Waals surface area contributed by atoms with Crippen LogP contribution in [-0.2, 0) is 0 Å². The van der Waals surface area contributed by atoms with Gasteiger partial charge in [0.1, 0.15) is 5.82 Å². The lowest BCUT2D eigenvalue weighted by Crippen LogP contribution is -2.57.